The smallest absolute Gasteiger partial charge is 0.249 e. The Kier molecular flexibility index (Phi) is 5.73. The number of fused-ring (bicyclic) bond motifs is 1. The summed E-state index contributed by atoms with van der Waals surface area (Å²) in [6.07, 6.45) is 6.69. The number of thiazole rings is 1. The molecular weight excluding hydrogens is 424 g/mol. The number of primary amides is 1. The first-order valence-electron chi connectivity index (χ1n) is 11.3. The Balaban J connectivity index is 1.20. The number of hydrogen-bond donors (Lipinski definition) is 1. The molecule has 0 radical (unpaired) electrons. The summed E-state index contributed by atoms with van der Waals surface area (Å²) in [6.45, 7) is 3.48. The second-order valence-electron chi connectivity index (χ2n) is 8.92. The van der Waals surface area contributed by atoms with Crippen molar-refractivity contribution in [2.75, 3.05) is 6.61 Å². The van der Waals surface area contributed by atoms with Gasteiger partial charge in [-0.1, -0.05) is 0 Å². The molecule has 1 atom stereocenters. The average molecular weight is 453 g/mol. The van der Waals surface area contributed by atoms with E-state index in [-0.39, 0.29) is 17.9 Å². The fraction of sp³-hybridized carbons (Fsp3) is 0.458. The summed E-state index contributed by atoms with van der Waals surface area (Å²) in [6, 6.07) is 7.58. The van der Waals surface area contributed by atoms with Crippen LogP contribution in [0.3, 0.4) is 0 Å². The first kappa shape index (κ1) is 21.2. The topological polar surface area (TPSA) is 90.4 Å². The van der Waals surface area contributed by atoms with Crippen LogP contribution in [0.4, 0.5) is 0 Å². The Morgan fingerprint density at radius 1 is 1.19 bits per heavy atom. The summed E-state index contributed by atoms with van der Waals surface area (Å²) in [7, 11) is 0. The average Bonchev–Trinajstić information content (AvgIpc) is 3.53. The van der Waals surface area contributed by atoms with Crippen LogP contribution in [0.5, 0.6) is 0 Å². The van der Waals surface area contributed by atoms with E-state index < -0.39 is 5.91 Å². The molecule has 7 nitrogen and oxygen atoms in total. The quantitative estimate of drug-likeness (QED) is 0.628. The van der Waals surface area contributed by atoms with Crippen LogP contribution in [0.2, 0.25) is 0 Å². The molecular formula is C24H28N4O3S. The fourth-order valence-electron chi connectivity index (χ4n) is 5.05. The molecule has 1 saturated carbocycles. The van der Waals surface area contributed by atoms with E-state index in [1.807, 2.05) is 30.5 Å². The van der Waals surface area contributed by atoms with E-state index in [1.165, 1.54) is 0 Å². The van der Waals surface area contributed by atoms with E-state index >= 15 is 0 Å². The molecule has 1 aromatic carbocycles. The van der Waals surface area contributed by atoms with Crippen LogP contribution in [-0.2, 0) is 16.2 Å². The van der Waals surface area contributed by atoms with E-state index in [0.717, 1.165) is 60.3 Å². The molecule has 0 spiro atoms. The van der Waals surface area contributed by atoms with Gasteiger partial charge in [-0.25, -0.2) is 10.0 Å². The Bertz CT molecular complexity index is 1150. The Hall–Kier alpha value is -2.71. The zero-order valence-electron chi connectivity index (χ0n) is 18.2. The minimum absolute atomic E-state index is 0.0195. The lowest BCUT2D eigenvalue weighted by molar-refractivity contribution is -0.183. The molecule has 2 amide bonds. The summed E-state index contributed by atoms with van der Waals surface area (Å²) in [5, 5.41) is 5.69. The van der Waals surface area contributed by atoms with Crippen LogP contribution >= 0.6 is 11.3 Å². The molecule has 2 aliphatic rings. The number of hydroxylamine groups is 2. The van der Waals surface area contributed by atoms with Crippen LogP contribution in [0, 0.1) is 18.8 Å². The third-order valence-corrected chi connectivity index (χ3v) is 7.60. The summed E-state index contributed by atoms with van der Waals surface area (Å²) in [4.78, 5) is 35.0. The van der Waals surface area contributed by atoms with Gasteiger partial charge in [0.15, 0.2) is 0 Å². The van der Waals surface area contributed by atoms with Gasteiger partial charge < -0.3 is 10.3 Å². The standard InChI is InChI=1S/C24H28N4O3S/c1-15-26-20(14-32-15)22-9-11-31-28(22)24(30)17-4-2-16(3-5-17)13-27-10-8-18-12-19(23(25)29)6-7-21(18)27/h6-8,10,12,14,16-17,22H,2-5,9,11,13H2,1H3,(H2,25,29)/t16-,17-,22-/m0/s1. The summed E-state index contributed by atoms with van der Waals surface area (Å²) in [5.74, 6) is 0.256. The van der Waals surface area contributed by atoms with Crippen molar-refractivity contribution >= 4 is 34.1 Å². The van der Waals surface area contributed by atoms with Gasteiger partial charge in [0.1, 0.15) is 6.04 Å². The molecule has 3 heterocycles. The van der Waals surface area contributed by atoms with E-state index in [2.05, 4.69) is 15.7 Å². The predicted octanol–water partition coefficient (Wildman–Crippen LogP) is 4.22. The lowest BCUT2D eigenvalue weighted by atomic mass is 9.81. The first-order valence-corrected chi connectivity index (χ1v) is 12.1. The molecule has 1 aliphatic heterocycles. The lowest BCUT2D eigenvalue weighted by Crippen LogP contribution is -2.37. The van der Waals surface area contributed by atoms with Crippen molar-refractivity contribution in [3.8, 4) is 0 Å². The highest BCUT2D eigenvalue weighted by atomic mass is 32.1. The van der Waals surface area contributed by atoms with Crippen molar-refractivity contribution in [1.29, 1.82) is 0 Å². The molecule has 2 N–H and O–H groups in total. The van der Waals surface area contributed by atoms with Crippen LogP contribution in [0.1, 0.15) is 59.2 Å². The maximum atomic E-state index is 13.2. The highest BCUT2D eigenvalue weighted by molar-refractivity contribution is 7.09. The summed E-state index contributed by atoms with van der Waals surface area (Å²) < 4.78 is 2.25. The summed E-state index contributed by atoms with van der Waals surface area (Å²) in [5.41, 5.74) is 7.99. The Labute approximate surface area is 191 Å². The van der Waals surface area contributed by atoms with Gasteiger partial charge in [-0.15, -0.1) is 11.3 Å². The number of aromatic nitrogens is 2. The SMILES string of the molecule is Cc1nc([C@@H]2CCON2C(=O)[C@H]2CC[C@H](Cn3ccc4cc(C(N)=O)ccc43)CC2)cs1. The van der Waals surface area contributed by atoms with Gasteiger partial charge >= 0.3 is 0 Å². The number of rotatable bonds is 5. The van der Waals surface area contributed by atoms with Gasteiger partial charge in [0.05, 0.1) is 17.3 Å². The molecule has 2 fully saturated rings. The van der Waals surface area contributed by atoms with Crippen LogP contribution in [0.15, 0.2) is 35.8 Å². The van der Waals surface area contributed by atoms with E-state index in [1.54, 1.807) is 22.5 Å². The Morgan fingerprint density at radius 3 is 2.72 bits per heavy atom. The highest BCUT2D eigenvalue weighted by Gasteiger charge is 2.38. The second-order valence-corrected chi connectivity index (χ2v) is 9.98. The predicted molar refractivity (Wildman–Crippen MR) is 123 cm³/mol. The van der Waals surface area contributed by atoms with E-state index in [4.69, 9.17) is 10.6 Å². The lowest BCUT2D eigenvalue weighted by Gasteiger charge is -2.31. The van der Waals surface area contributed by atoms with Crippen molar-refractivity contribution in [3.05, 3.63) is 52.1 Å². The largest absolute Gasteiger partial charge is 0.366 e. The molecule has 1 aliphatic carbocycles. The van der Waals surface area contributed by atoms with Crippen molar-refractivity contribution in [2.45, 2.75) is 51.6 Å². The molecule has 5 rings (SSSR count). The van der Waals surface area contributed by atoms with Crippen LogP contribution in [-0.4, -0.2) is 33.0 Å². The minimum atomic E-state index is -0.406. The number of carbonyl (C=O) groups is 2. The fourth-order valence-corrected chi connectivity index (χ4v) is 5.71. The molecule has 8 heteroatoms. The number of aryl methyl sites for hydroxylation is 1. The maximum Gasteiger partial charge on any atom is 0.249 e. The molecule has 0 bridgehead atoms. The van der Waals surface area contributed by atoms with Crippen LogP contribution in [0.25, 0.3) is 10.9 Å². The van der Waals surface area contributed by atoms with Gasteiger partial charge in [0, 0.05) is 46.9 Å². The van der Waals surface area contributed by atoms with Crippen molar-refractivity contribution in [1.82, 2.24) is 14.6 Å². The second kappa shape index (κ2) is 8.67. The van der Waals surface area contributed by atoms with Gasteiger partial charge in [0.25, 0.3) is 0 Å². The van der Waals surface area contributed by atoms with Crippen molar-refractivity contribution < 1.29 is 14.4 Å². The minimum Gasteiger partial charge on any atom is -0.366 e. The van der Waals surface area contributed by atoms with Crippen molar-refractivity contribution in [2.24, 2.45) is 17.6 Å². The zero-order valence-corrected chi connectivity index (χ0v) is 19.0. The third-order valence-electron chi connectivity index (χ3n) is 6.81. The van der Waals surface area contributed by atoms with Gasteiger partial charge in [-0.3, -0.25) is 14.4 Å². The van der Waals surface area contributed by atoms with Crippen LogP contribution < -0.4 is 5.73 Å². The number of nitrogens with two attached hydrogens (primary N) is 1. The number of benzene rings is 1. The Morgan fingerprint density at radius 2 is 2.00 bits per heavy atom. The van der Waals surface area contributed by atoms with Gasteiger partial charge in [-0.05, 0) is 62.8 Å². The number of amides is 2. The molecule has 1 saturated heterocycles. The number of nitrogens with zero attached hydrogens (tertiary/aromatic N) is 3. The third kappa shape index (κ3) is 4.04. The molecule has 3 aromatic rings. The number of carbonyl (C=O) groups excluding carboxylic acids is 2. The highest BCUT2D eigenvalue weighted by Crippen LogP contribution is 2.37. The maximum absolute atomic E-state index is 13.2. The number of hydrogen-bond acceptors (Lipinski definition) is 5. The monoisotopic (exact) mass is 452 g/mol. The van der Waals surface area contributed by atoms with Gasteiger partial charge in [-0.2, -0.15) is 0 Å². The molecule has 168 valence electrons. The van der Waals surface area contributed by atoms with E-state index in [9.17, 15) is 9.59 Å². The molecule has 2 aromatic heterocycles. The first-order chi connectivity index (χ1) is 15.5. The van der Waals surface area contributed by atoms with Gasteiger partial charge in [0.2, 0.25) is 11.8 Å². The molecule has 0 unspecified atom stereocenters. The zero-order chi connectivity index (χ0) is 22.2. The normalized spacial score (nSPS) is 23.7. The molecule has 32 heavy (non-hydrogen) atoms. The summed E-state index contributed by atoms with van der Waals surface area (Å²) >= 11 is 1.62. The van der Waals surface area contributed by atoms with Crippen molar-refractivity contribution in [3.63, 3.8) is 0 Å². The van der Waals surface area contributed by atoms with E-state index in [0.29, 0.717) is 18.1 Å².